The van der Waals surface area contributed by atoms with E-state index in [0.717, 1.165) is 4.31 Å². The molecule has 116 valence electrons. The highest BCUT2D eigenvalue weighted by molar-refractivity contribution is 7.89. The molecule has 0 spiro atoms. The van der Waals surface area contributed by atoms with Crippen LogP contribution >= 0.6 is 0 Å². The molecule has 1 amide bonds. The summed E-state index contributed by atoms with van der Waals surface area (Å²) in [4.78, 5) is 12.0. The molecular weight excluding hydrogens is 306 g/mol. The Morgan fingerprint density at radius 1 is 1.27 bits per heavy atom. The molecule has 0 radical (unpaired) electrons. The average molecular weight is 321 g/mol. The first-order chi connectivity index (χ1) is 10.4. The second kappa shape index (κ2) is 6.54. The standard InChI is InChI=1S/C14H15N3O4S/c1-17(2)22(19,20)13-7-3-5-11(9-13)14(18)16-15-10-12-6-4-8-21-12/h3-10H,1-2H3,(H,16,18)/b15-10-. The minimum Gasteiger partial charge on any atom is -0.463 e. The van der Waals surface area contributed by atoms with Crippen molar-refractivity contribution in [2.75, 3.05) is 14.1 Å². The Balaban J connectivity index is 2.14. The van der Waals surface area contributed by atoms with Gasteiger partial charge in [0.2, 0.25) is 10.0 Å². The van der Waals surface area contributed by atoms with E-state index < -0.39 is 15.9 Å². The van der Waals surface area contributed by atoms with Gasteiger partial charge >= 0.3 is 0 Å². The van der Waals surface area contributed by atoms with Crippen molar-refractivity contribution in [3.05, 3.63) is 54.0 Å². The molecule has 8 heteroatoms. The van der Waals surface area contributed by atoms with E-state index in [2.05, 4.69) is 10.5 Å². The second-order valence-electron chi connectivity index (χ2n) is 4.53. The van der Waals surface area contributed by atoms with E-state index in [9.17, 15) is 13.2 Å². The summed E-state index contributed by atoms with van der Waals surface area (Å²) in [6, 6.07) is 9.11. The molecule has 7 nitrogen and oxygen atoms in total. The van der Waals surface area contributed by atoms with Gasteiger partial charge in [0.1, 0.15) is 5.76 Å². The van der Waals surface area contributed by atoms with E-state index in [4.69, 9.17) is 4.42 Å². The first-order valence-electron chi connectivity index (χ1n) is 6.31. The summed E-state index contributed by atoms with van der Waals surface area (Å²) in [6.45, 7) is 0. The molecule has 2 aromatic rings. The quantitative estimate of drug-likeness (QED) is 0.663. The molecule has 22 heavy (non-hydrogen) atoms. The number of carbonyl (C=O) groups is 1. The number of hydrogen-bond acceptors (Lipinski definition) is 5. The van der Waals surface area contributed by atoms with Crippen LogP contribution < -0.4 is 5.43 Å². The zero-order valence-corrected chi connectivity index (χ0v) is 12.9. The summed E-state index contributed by atoms with van der Waals surface area (Å²) >= 11 is 0. The molecule has 0 atom stereocenters. The number of nitrogens with zero attached hydrogens (tertiary/aromatic N) is 2. The van der Waals surface area contributed by atoms with E-state index in [-0.39, 0.29) is 10.5 Å². The topological polar surface area (TPSA) is 92.0 Å². The molecule has 0 aliphatic carbocycles. The number of hydrogen-bond donors (Lipinski definition) is 1. The van der Waals surface area contributed by atoms with Crippen molar-refractivity contribution in [1.82, 2.24) is 9.73 Å². The first-order valence-corrected chi connectivity index (χ1v) is 7.75. The van der Waals surface area contributed by atoms with Gasteiger partial charge in [-0.3, -0.25) is 4.79 Å². The normalized spacial score (nSPS) is 12.0. The third kappa shape index (κ3) is 3.60. The van der Waals surface area contributed by atoms with Crippen LogP contribution in [0.3, 0.4) is 0 Å². The predicted octanol–water partition coefficient (Wildman–Crippen LogP) is 1.29. The Bertz CT molecular complexity index is 780. The van der Waals surface area contributed by atoms with Crippen molar-refractivity contribution in [1.29, 1.82) is 0 Å². The number of sulfonamides is 1. The van der Waals surface area contributed by atoms with E-state index >= 15 is 0 Å². The molecule has 1 aromatic heterocycles. The zero-order valence-electron chi connectivity index (χ0n) is 12.1. The lowest BCUT2D eigenvalue weighted by molar-refractivity contribution is 0.0955. The summed E-state index contributed by atoms with van der Waals surface area (Å²) in [5, 5.41) is 3.74. The molecule has 1 heterocycles. The van der Waals surface area contributed by atoms with Gasteiger partial charge in [0.15, 0.2) is 0 Å². The van der Waals surface area contributed by atoms with Gasteiger partial charge in [-0.1, -0.05) is 6.07 Å². The van der Waals surface area contributed by atoms with E-state index in [0.29, 0.717) is 5.76 Å². The van der Waals surface area contributed by atoms with E-state index in [1.807, 2.05) is 0 Å². The van der Waals surface area contributed by atoms with Gasteiger partial charge in [-0.15, -0.1) is 0 Å². The predicted molar refractivity (Wildman–Crippen MR) is 81.1 cm³/mol. The van der Waals surface area contributed by atoms with Crippen LogP contribution in [0.15, 0.2) is 57.1 Å². The molecule has 0 saturated heterocycles. The molecule has 0 saturated carbocycles. The van der Waals surface area contributed by atoms with Gasteiger partial charge in [-0.2, -0.15) is 5.10 Å². The number of amides is 1. The monoisotopic (exact) mass is 321 g/mol. The Morgan fingerprint density at radius 3 is 2.68 bits per heavy atom. The summed E-state index contributed by atoms with van der Waals surface area (Å²) in [7, 11) is -0.736. The highest BCUT2D eigenvalue weighted by atomic mass is 32.2. The van der Waals surface area contributed by atoms with Gasteiger partial charge in [0.05, 0.1) is 17.4 Å². The molecule has 1 N–H and O–H groups in total. The molecule has 0 fully saturated rings. The fourth-order valence-electron chi connectivity index (χ4n) is 1.59. The summed E-state index contributed by atoms with van der Waals surface area (Å²) in [5.41, 5.74) is 2.50. The number of rotatable bonds is 5. The molecular formula is C14H15N3O4S. The van der Waals surface area contributed by atoms with Gasteiger partial charge in [-0.05, 0) is 30.3 Å². The number of benzene rings is 1. The van der Waals surface area contributed by atoms with Gasteiger partial charge < -0.3 is 4.42 Å². The van der Waals surface area contributed by atoms with Gasteiger partial charge in [0.25, 0.3) is 5.91 Å². The molecule has 1 aromatic carbocycles. The molecule has 2 rings (SSSR count). The second-order valence-corrected chi connectivity index (χ2v) is 6.68. The maximum atomic E-state index is 12.0. The molecule has 0 aliphatic heterocycles. The van der Waals surface area contributed by atoms with Gasteiger partial charge in [-0.25, -0.2) is 18.1 Å². The lowest BCUT2D eigenvalue weighted by Gasteiger charge is -2.11. The fraction of sp³-hybridized carbons (Fsp3) is 0.143. The number of furan rings is 1. The molecule has 0 unspecified atom stereocenters. The maximum absolute atomic E-state index is 12.0. The average Bonchev–Trinajstić information content (AvgIpc) is 3.00. The van der Waals surface area contributed by atoms with Gasteiger partial charge in [0, 0.05) is 19.7 Å². The minimum atomic E-state index is -3.59. The van der Waals surface area contributed by atoms with Crippen molar-refractivity contribution >= 4 is 22.1 Å². The van der Waals surface area contributed by atoms with Crippen molar-refractivity contribution in [2.24, 2.45) is 5.10 Å². The SMILES string of the molecule is CN(C)S(=O)(=O)c1cccc(C(=O)N/N=C\c2ccco2)c1. The van der Waals surface area contributed by atoms with Crippen LogP contribution in [0.25, 0.3) is 0 Å². The molecule has 0 aliphatic rings. The highest BCUT2D eigenvalue weighted by Crippen LogP contribution is 2.14. The van der Waals surface area contributed by atoms with Crippen LogP contribution in [0, 0.1) is 0 Å². The van der Waals surface area contributed by atoms with E-state index in [1.165, 1.54) is 50.8 Å². The van der Waals surface area contributed by atoms with Crippen molar-refractivity contribution in [3.63, 3.8) is 0 Å². The fourth-order valence-corrected chi connectivity index (χ4v) is 2.54. The van der Waals surface area contributed by atoms with Crippen LogP contribution in [0.1, 0.15) is 16.1 Å². The lowest BCUT2D eigenvalue weighted by Crippen LogP contribution is -2.23. The third-order valence-electron chi connectivity index (χ3n) is 2.78. The Labute approximate surface area is 128 Å². The minimum absolute atomic E-state index is 0.0418. The Morgan fingerprint density at radius 2 is 2.05 bits per heavy atom. The number of hydrazone groups is 1. The first kappa shape index (κ1) is 15.9. The Kier molecular flexibility index (Phi) is 4.74. The van der Waals surface area contributed by atoms with Crippen LogP contribution in [-0.2, 0) is 10.0 Å². The van der Waals surface area contributed by atoms with Crippen molar-refractivity contribution in [3.8, 4) is 0 Å². The zero-order chi connectivity index (χ0) is 16.2. The smallest absolute Gasteiger partial charge is 0.271 e. The number of carbonyl (C=O) groups excluding carboxylic acids is 1. The van der Waals surface area contributed by atoms with Crippen LogP contribution in [0.5, 0.6) is 0 Å². The summed E-state index contributed by atoms with van der Waals surface area (Å²) < 4.78 is 30.2. The van der Waals surface area contributed by atoms with Crippen molar-refractivity contribution in [2.45, 2.75) is 4.90 Å². The van der Waals surface area contributed by atoms with Crippen LogP contribution in [0.2, 0.25) is 0 Å². The highest BCUT2D eigenvalue weighted by Gasteiger charge is 2.18. The van der Waals surface area contributed by atoms with Crippen LogP contribution in [-0.4, -0.2) is 38.9 Å². The lowest BCUT2D eigenvalue weighted by atomic mass is 10.2. The molecule has 0 bridgehead atoms. The number of nitrogens with one attached hydrogen (secondary N) is 1. The maximum Gasteiger partial charge on any atom is 0.271 e. The van der Waals surface area contributed by atoms with Crippen molar-refractivity contribution < 1.29 is 17.6 Å². The summed E-state index contributed by atoms with van der Waals surface area (Å²) in [6.07, 6.45) is 2.83. The third-order valence-corrected chi connectivity index (χ3v) is 4.59. The Hall–Kier alpha value is -2.45. The van der Waals surface area contributed by atoms with E-state index in [1.54, 1.807) is 12.1 Å². The van der Waals surface area contributed by atoms with Crippen LogP contribution in [0.4, 0.5) is 0 Å². The largest absolute Gasteiger partial charge is 0.463 e. The summed E-state index contributed by atoms with van der Waals surface area (Å²) in [5.74, 6) is -0.0251.